The summed E-state index contributed by atoms with van der Waals surface area (Å²) in [5.41, 5.74) is -0.0704. The standard InChI is InChI=1S/C20H20F3NO2/c1-13-11-17(13)18-9-7-16(26-18)8-10-19(25)24(2)12-14-3-5-15(6-4-14)20(21,22)23/h3-10,13,17H,11-12H2,1-2H3/b10-8+/t13-,17-/m1/s1. The van der Waals surface area contributed by atoms with Gasteiger partial charge in [-0.25, -0.2) is 0 Å². The van der Waals surface area contributed by atoms with Gasteiger partial charge in [0.15, 0.2) is 0 Å². The molecule has 3 rings (SSSR count). The number of carbonyl (C=O) groups excluding carboxylic acids is 1. The third-order valence-corrected chi connectivity index (χ3v) is 4.59. The lowest BCUT2D eigenvalue weighted by molar-refractivity contribution is -0.137. The number of furan rings is 1. The maximum atomic E-state index is 12.6. The first-order chi connectivity index (χ1) is 12.2. The van der Waals surface area contributed by atoms with Gasteiger partial charge in [-0.3, -0.25) is 4.79 Å². The van der Waals surface area contributed by atoms with Gasteiger partial charge >= 0.3 is 6.18 Å². The quantitative estimate of drug-likeness (QED) is 0.693. The smallest absolute Gasteiger partial charge is 0.416 e. The highest BCUT2D eigenvalue weighted by Crippen LogP contribution is 2.47. The fourth-order valence-electron chi connectivity index (χ4n) is 2.81. The van der Waals surface area contributed by atoms with Crippen LogP contribution >= 0.6 is 0 Å². The van der Waals surface area contributed by atoms with E-state index in [0.717, 1.165) is 24.3 Å². The molecule has 1 aromatic heterocycles. The van der Waals surface area contributed by atoms with Crippen molar-refractivity contribution < 1.29 is 22.4 Å². The van der Waals surface area contributed by atoms with Gasteiger partial charge in [0, 0.05) is 25.6 Å². The molecule has 1 fully saturated rings. The first-order valence-corrected chi connectivity index (χ1v) is 8.43. The summed E-state index contributed by atoms with van der Waals surface area (Å²) in [5.74, 6) is 2.45. The van der Waals surface area contributed by atoms with E-state index >= 15 is 0 Å². The molecule has 0 aliphatic heterocycles. The molecule has 1 aliphatic carbocycles. The summed E-state index contributed by atoms with van der Waals surface area (Å²) in [6.07, 6.45) is -0.209. The van der Waals surface area contributed by atoms with Crippen molar-refractivity contribution in [3.8, 4) is 0 Å². The predicted octanol–water partition coefficient (Wildman–Crippen LogP) is 5.09. The minimum Gasteiger partial charge on any atom is -0.461 e. The number of alkyl halides is 3. The molecule has 1 heterocycles. The van der Waals surface area contributed by atoms with Crippen LogP contribution in [0.1, 0.15) is 41.9 Å². The summed E-state index contributed by atoms with van der Waals surface area (Å²) < 4.78 is 43.4. The fraction of sp³-hybridized carbons (Fsp3) is 0.350. The Kier molecular flexibility index (Phi) is 4.94. The van der Waals surface area contributed by atoms with Crippen molar-refractivity contribution in [1.29, 1.82) is 0 Å². The zero-order valence-electron chi connectivity index (χ0n) is 14.6. The van der Waals surface area contributed by atoms with Crippen molar-refractivity contribution in [2.75, 3.05) is 7.05 Å². The van der Waals surface area contributed by atoms with Gasteiger partial charge in [0.05, 0.1) is 5.56 Å². The molecular weight excluding hydrogens is 343 g/mol. The molecule has 2 atom stereocenters. The van der Waals surface area contributed by atoms with E-state index in [1.807, 2.05) is 12.1 Å². The zero-order valence-corrected chi connectivity index (χ0v) is 14.6. The molecule has 0 saturated heterocycles. The van der Waals surface area contributed by atoms with Crippen molar-refractivity contribution in [2.24, 2.45) is 5.92 Å². The summed E-state index contributed by atoms with van der Waals surface area (Å²) in [6.45, 7) is 2.40. The van der Waals surface area contributed by atoms with Crippen molar-refractivity contribution in [2.45, 2.75) is 32.0 Å². The molecule has 6 heteroatoms. The van der Waals surface area contributed by atoms with E-state index in [0.29, 0.717) is 23.2 Å². The summed E-state index contributed by atoms with van der Waals surface area (Å²) in [5, 5.41) is 0. The molecular formula is C20H20F3NO2. The minimum absolute atomic E-state index is 0.226. The molecule has 1 aromatic carbocycles. The Morgan fingerprint density at radius 2 is 1.88 bits per heavy atom. The van der Waals surface area contributed by atoms with Crippen molar-refractivity contribution >= 4 is 12.0 Å². The molecule has 0 bridgehead atoms. The second-order valence-corrected chi connectivity index (χ2v) is 6.78. The van der Waals surface area contributed by atoms with E-state index in [-0.39, 0.29) is 12.5 Å². The van der Waals surface area contributed by atoms with Crippen LogP contribution in [0.2, 0.25) is 0 Å². The van der Waals surface area contributed by atoms with E-state index < -0.39 is 11.7 Å². The number of hydrogen-bond acceptors (Lipinski definition) is 2. The van der Waals surface area contributed by atoms with Gasteiger partial charge in [-0.05, 0) is 48.2 Å². The molecule has 3 nitrogen and oxygen atoms in total. The highest BCUT2D eigenvalue weighted by atomic mass is 19.4. The Morgan fingerprint density at radius 1 is 1.23 bits per heavy atom. The van der Waals surface area contributed by atoms with Gasteiger partial charge in [-0.15, -0.1) is 0 Å². The Balaban J connectivity index is 1.56. The molecule has 1 aliphatic rings. The Morgan fingerprint density at radius 3 is 2.46 bits per heavy atom. The maximum absolute atomic E-state index is 12.6. The SMILES string of the molecule is C[C@@H]1C[C@H]1c1ccc(/C=C/C(=O)N(C)Cc2ccc(C(F)(F)F)cc2)o1. The van der Waals surface area contributed by atoms with Crippen LogP contribution < -0.4 is 0 Å². The summed E-state index contributed by atoms with van der Waals surface area (Å²) >= 11 is 0. The van der Waals surface area contributed by atoms with Gasteiger partial charge in [0.2, 0.25) is 5.91 Å². The van der Waals surface area contributed by atoms with E-state index in [1.165, 1.54) is 23.1 Å². The molecule has 138 valence electrons. The lowest BCUT2D eigenvalue weighted by Gasteiger charge is -2.15. The van der Waals surface area contributed by atoms with Gasteiger partial charge in [0.25, 0.3) is 0 Å². The molecule has 2 aromatic rings. The van der Waals surface area contributed by atoms with Crippen LogP contribution in [0.25, 0.3) is 6.08 Å². The third kappa shape index (κ3) is 4.36. The molecule has 1 saturated carbocycles. The highest BCUT2D eigenvalue weighted by Gasteiger charge is 2.36. The van der Waals surface area contributed by atoms with Crippen molar-refractivity contribution in [3.05, 3.63) is 65.1 Å². The van der Waals surface area contributed by atoms with E-state index in [1.54, 1.807) is 13.1 Å². The van der Waals surface area contributed by atoms with Crippen LogP contribution in [0.15, 0.2) is 46.9 Å². The average molecular weight is 363 g/mol. The van der Waals surface area contributed by atoms with Crippen LogP contribution in [-0.4, -0.2) is 17.9 Å². The molecule has 0 radical (unpaired) electrons. The normalized spacial score (nSPS) is 19.7. The number of rotatable bonds is 5. The van der Waals surface area contributed by atoms with E-state index in [9.17, 15) is 18.0 Å². The first kappa shape index (κ1) is 18.3. The highest BCUT2D eigenvalue weighted by molar-refractivity contribution is 5.91. The maximum Gasteiger partial charge on any atom is 0.416 e. The molecule has 0 unspecified atom stereocenters. The number of nitrogens with zero attached hydrogens (tertiary/aromatic N) is 1. The number of carbonyl (C=O) groups is 1. The Bertz CT molecular complexity index is 805. The van der Waals surface area contributed by atoms with Gasteiger partial charge in [0.1, 0.15) is 11.5 Å². The van der Waals surface area contributed by atoms with Crippen molar-refractivity contribution in [3.63, 3.8) is 0 Å². The van der Waals surface area contributed by atoms with Crippen LogP contribution in [0.5, 0.6) is 0 Å². The summed E-state index contributed by atoms with van der Waals surface area (Å²) in [7, 11) is 1.60. The number of hydrogen-bond donors (Lipinski definition) is 0. The Labute approximate surface area is 150 Å². The van der Waals surface area contributed by atoms with Crippen molar-refractivity contribution in [1.82, 2.24) is 4.90 Å². The first-order valence-electron chi connectivity index (χ1n) is 8.43. The molecule has 0 spiro atoms. The Hall–Kier alpha value is -2.50. The summed E-state index contributed by atoms with van der Waals surface area (Å²) in [4.78, 5) is 13.6. The molecule has 1 amide bonds. The molecule has 26 heavy (non-hydrogen) atoms. The van der Waals surface area contributed by atoms with Gasteiger partial charge < -0.3 is 9.32 Å². The zero-order chi connectivity index (χ0) is 18.9. The van der Waals surface area contributed by atoms with Gasteiger partial charge in [-0.1, -0.05) is 19.1 Å². The van der Waals surface area contributed by atoms with Gasteiger partial charge in [-0.2, -0.15) is 13.2 Å². The number of halogens is 3. The third-order valence-electron chi connectivity index (χ3n) is 4.59. The lowest BCUT2D eigenvalue weighted by atomic mass is 10.1. The largest absolute Gasteiger partial charge is 0.461 e. The number of amides is 1. The predicted molar refractivity (Wildman–Crippen MR) is 92.2 cm³/mol. The monoisotopic (exact) mass is 363 g/mol. The number of benzene rings is 1. The van der Waals surface area contributed by atoms with E-state index in [2.05, 4.69) is 6.92 Å². The second-order valence-electron chi connectivity index (χ2n) is 6.78. The van der Waals surface area contributed by atoms with Crippen LogP contribution in [0.4, 0.5) is 13.2 Å². The van der Waals surface area contributed by atoms with Crippen LogP contribution in [0.3, 0.4) is 0 Å². The fourth-order valence-corrected chi connectivity index (χ4v) is 2.81. The van der Waals surface area contributed by atoms with Crippen LogP contribution in [-0.2, 0) is 17.5 Å². The number of likely N-dealkylation sites (N-methyl/N-ethyl adjacent to an activating group) is 1. The minimum atomic E-state index is -4.36. The van der Waals surface area contributed by atoms with Crippen LogP contribution in [0, 0.1) is 5.92 Å². The van der Waals surface area contributed by atoms with E-state index in [4.69, 9.17) is 4.42 Å². The molecule has 0 N–H and O–H groups in total. The summed E-state index contributed by atoms with van der Waals surface area (Å²) in [6, 6.07) is 8.57. The average Bonchev–Trinajstić information content (AvgIpc) is 3.13. The lowest BCUT2D eigenvalue weighted by Crippen LogP contribution is -2.24. The topological polar surface area (TPSA) is 33.5 Å². The second kappa shape index (κ2) is 7.02.